The molecule has 0 spiro atoms. The van der Waals surface area contributed by atoms with Crippen molar-refractivity contribution in [3.05, 3.63) is 33.8 Å². The van der Waals surface area contributed by atoms with E-state index in [1.807, 2.05) is 12.1 Å². The molecule has 0 aliphatic rings. The lowest BCUT2D eigenvalue weighted by Crippen LogP contribution is -2.03. The standard InChI is InChI=1S/C12H15BrCl2/c1-3-4-8(2)12(13)10-6-5-9(14)7-11(10)15/h5-8,12H,3-4H2,1-2H3. The molecule has 0 fully saturated rings. The minimum Gasteiger partial charge on any atom is -0.0843 e. The van der Waals surface area contributed by atoms with Crippen LogP contribution in [0.3, 0.4) is 0 Å². The second kappa shape index (κ2) is 6.12. The zero-order valence-electron chi connectivity index (χ0n) is 8.93. The van der Waals surface area contributed by atoms with E-state index in [9.17, 15) is 0 Å². The van der Waals surface area contributed by atoms with Crippen LogP contribution in [0.25, 0.3) is 0 Å². The maximum Gasteiger partial charge on any atom is 0.0464 e. The second-order valence-electron chi connectivity index (χ2n) is 3.83. The third-order valence-corrected chi connectivity index (χ3v) is 4.46. The maximum absolute atomic E-state index is 6.15. The molecular formula is C12H15BrCl2. The van der Waals surface area contributed by atoms with Crippen LogP contribution in [0.5, 0.6) is 0 Å². The van der Waals surface area contributed by atoms with Crippen molar-refractivity contribution < 1.29 is 0 Å². The highest BCUT2D eigenvalue weighted by molar-refractivity contribution is 9.09. The molecule has 0 aliphatic carbocycles. The predicted octanol–water partition coefficient (Wildman–Crippen LogP) is 5.87. The van der Waals surface area contributed by atoms with Crippen molar-refractivity contribution in [1.29, 1.82) is 0 Å². The first-order valence-corrected chi connectivity index (χ1v) is 6.82. The molecule has 2 unspecified atom stereocenters. The Morgan fingerprint density at radius 3 is 2.53 bits per heavy atom. The van der Waals surface area contributed by atoms with E-state index in [1.165, 1.54) is 12.8 Å². The Balaban J connectivity index is 2.86. The summed E-state index contributed by atoms with van der Waals surface area (Å²) in [5.41, 5.74) is 1.13. The molecule has 2 atom stereocenters. The molecule has 0 N–H and O–H groups in total. The van der Waals surface area contributed by atoms with Gasteiger partial charge in [0.2, 0.25) is 0 Å². The third-order valence-electron chi connectivity index (χ3n) is 2.50. The minimum absolute atomic E-state index is 0.308. The predicted molar refractivity (Wildman–Crippen MR) is 72.2 cm³/mol. The highest BCUT2D eigenvalue weighted by Gasteiger charge is 2.17. The van der Waals surface area contributed by atoms with Crippen LogP contribution in [-0.4, -0.2) is 0 Å². The lowest BCUT2D eigenvalue weighted by atomic mass is 9.97. The first-order valence-electron chi connectivity index (χ1n) is 5.15. The summed E-state index contributed by atoms with van der Waals surface area (Å²) in [6, 6.07) is 5.68. The molecule has 3 heteroatoms. The van der Waals surface area contributed by atoms with E-state index in [0.717, 1.165) is 10.6 Å². The van der Waals surface area contributed by atoms with Crippen LogP contribution in [0.15, 0.2) is 18.2 Å². The molecular weight excluding hydrogens is 295 g/mol. The number of benzene rings is 1. The zero-order chi connectivity index (χ0) is 11.4. The van der Waals surface area contributed by atoms with Crippen LogP contribution in [0.4, 0.5) is 0 Å². The van der Waals surface area contributed by atoms with Gasteiger partial charge in [-0.05, 0) is 30.0 Å². The van der Waals surface area contributed by atoms with Crippen molar-refractivity contribution in [3.63, 3.8) is 0 Å². The largest absolute Gasteiger partial charge is 0.0843 e. The van der Waals surface area contributed by atoms with E-state index >= 15 is 0 Å². The van der Waals surface area contributed by atoms with Gasteiger partial charge in [-0.25, -0.2) is 0 Å². The van der Waals surface area contributed by atoms with Crippen LogP contribution in [-0.2, 0) is 0 Å². The fraction of sp³-hybridized carbons (Fsp3) is 0.500. The van der Waals surface area contributed by atoms with Crippen LogP contribution in [0.2, 0.25) is 10.0 Å². The molecule has 0 bridgehead atoms. The van der Waals surface area contributed by atoms with Gasteiger partial charge in [-0.15, -0.1) is 0 Å². The molecule has 0 heterocycles. The van der Waals surface area contributed by atoms with Crippen molar-refractivity contribution in [1.82, 2.24) is 0 Å². The Morgan fingerprint density at radius 2 is 2.00 bits per heavy atom. The zero-order valence-corrected chi connectivity index (χ0v) is 12.0. The molecule has 0 saturated heterocycles. The average molecular weight is 310 g/mol. The summed E-state index contributed by atoms with van der Waals surface area (Å²) in [5.74, 6) is 0.577. The lowest BCUT2D eigenvalue weighted by Gasteiger charge is -2.19. The third kappa shape index (κ3) is 3.65. The summed E-state index contributed by atoms with van der Waals surface area (Å²) < 4.78 is 0. The van der Waals surface area contributed by atoms with E-state index in [2.05, 4.69) is 29.8 Å². The fourth-order valence-electron chi connectivity index (χ4n) is 1.63. The van der Waals surface area contributed by atoms with Crippen LogP contribution in [0, 0.1) is 5.92 Å². The minimum atomic E-state index is 0.308. The fourth-order valence-corrected chi connectivity index (χ4v) is 2.95. The first kappa shape index (κ1) is 13.3. The van der Waals surface area contributed by atoms with Gasteiger partial charge in [0.15, 0.2) is 0 Å². The Labute approximate surface area is 110 Å². The number of rotatable bonds is 4. The van der Waals surface area contributed by atoms with Gasteiger partial charge in [-0.3, -0.25) is 0 Å². The van der Waals surface area contributed by atoms with E-state index in [-0.39, 0.29) is 0 Å². The quantitative estimate of drug-likeness (QED) is 0.610. The summed E-state index contributed by atoms with van der Waals surface area (Å²) in [6.07, 6.45) is 2.38. The van der Waals surface area contributed by atoms with Crippen molar-refractivity contribution in [2.75, 3.05) is 0 Å². The Morgan fingerprint density at radius 1 is 1.33 bits per heavy atom. The maximum atomic E-state index is 6.15. The highest BCUT2D eigenvalue weighted by Crippen LogP contribution is 2.38. The molecule has 1 aromatic rings. The Bertz CT molecular complexity index is 325. The van der Waals surface area contributed by atoms with Gasteiger partial charge in [-0.2, -0.15) is 0 Å². The topological polar surface area (TPSA) is 0 Å². The summed E-state index contributed by atoms with van der Waals surface area (Å²) in [5, 5.41) is 1.43. The van der Waals surface area contributed by atoms with Gasteiger partial charge in [0.05, 0.1) is 0 Å². The van der Waals surface area contributed by atoms with Gasteiger partial charge in [0, 0.05) is 14.9 Å². The lowest BCUT2D eigenvalue weighted by molar-refractivity contribution is 0.519. The second-order valence-corrected chi connectivity index (χ2v) is 5.66. The molecule has 0 radical (unpaired) electrons. The molecule has 1 rings (SSSR count). The summed E-state index contributed by atoms with van der Waals surface area (Å²) >= 11 is 15.7. The van der Waals surface area contributed by atoms with Crippen LogP contribution < -0.4 is 0 Å². The molecule has 15 heavy (non-hydrogen) atoms. The van der Waals surface area contributed by atoms with Gasteiger partial charge in [0.1, 0.15) is 0 Å². The van der Waals surface area contributed by atoms with Crippen LogP contribution >= 0.6 is 39.1 Å². The average Bonchev–Trinajstić information content (AvgIpc) is 2.17. The SMILES string of the molecule is CCCC(C)C(Br)c1ccc(Cl)cc1Cl. The first-order chi connectivity index (χ1) is 7.06. The molecule has 84 valence electrons. The summed E-state index contributed by atoms with van der Waals surface area (Å²) in [6.45, 7) is 4.42. The van der Waals surface area contributed by atoms with Gasteiger partial charge >= 0.3 is 0 Å². The monoisotopic (exact) mass is 308 g/mol. The molecule has 0 nitrogen and oxygen atoms in total. The van der Waals surface area contributed by atoms with Crippen molar-refractivity contribution in [2.45, 2.75) is 31.5 Å². The Kier molecular flexibility index (Phi) is 5.45. The van der Waals surface area contributed by atoms with E-state index < -0.39 is 0 Å². The normalized spacial score (nSPS) is 15.0. The van der Waals surface area contributed by atoms with Gasteiger partial charge < -0.3 is 0 Å². The number of halogens is 3. The Hall–Kier alpha value is 0.280. The van der Waals surface area contributed by atoms with E-state index in [1.54, 1.807) is 6.07 Å². The smallest absolute Gasteiger partial charge is 0.0464 e. The molecule has 0 aromatic heterocycles. The van der Waals surface area contributed by atoms with Crippen molar-refractivity contribution in [3.8, 4) is 0 Å². The van der Waals surface area contributed by atoms with Gasteiger partial charge in [0.25, 0.3) is 0 Å². The van der Waals surface area contributed by atoms with E-state index in [4.69, 9.17) is 23.2 Å². The van der Waals surface area contributed by atoms with E-state index in [0.29, 0.717) is 15.8 Å². The van der Waals surface area contributed by atoms with Crippen molar-refractivity contribution in [2.24, 2.45) is 5.92 Å². The molecule has 0 saturated carbocycles. The summed E-state index contributed by atoms with van der Waals surface area (Å²) in [4.78, 5) is 0.308. The highest BCUT2D eigenvalue weighted by atomic mass is 79.9. The summed E-state index contributed by atoms with van der Waals surface area (Å²) in [7, 11) is 0. The number of alkyl halides is 1. The van der Waals surface area contributed by atoms with Crippen LogP contribution in [0.1, 0.15) is 37.1 Å². The molecule has 1 aromatic carbocycles. The van der Waals surface area contributed by atoms with Gasteiger partial charge in [-0.1, -0.05) is 65.5 Å². The van der Waals surface area contributed by atoms with Crippen molar-refractivity contribution >= 4 is 39.1 Å². The number of hydrogen-bond acceptors (Lipinski definition) is 0. The number of hydrogen-bond donors (Lipinski definition) is 0. The molecule has 0 aliphatic heterocycles. The molecule has 0 amide bonds.